The van der Waals surface area contributed by atoms with E-state index in [1.54, 1.807) is 0 Å². The first-order valence-corrected chi connectivity index (χ1v) is 7.42. The van der Waals surface area contributed by atoms with Gasteiger partial charge in [0, 0.05) is 30.8 Å². The van der Waals surface area contributed by atoms with Gasteiger partial charge in [0.15, 0.2) is 6.29 Å². The van der Waals surface area contributed by atoms with Crippen molar-refractivity contribution in [3.63, 3.8) is 0 Å². The van der Waals surface area contributed by atoms with Crippen molar-refractivity contribution in [3.05, 3.63) is 47.4 Å². The maximum Gasteiger partial charge on any atom is 0.161 e. The van der Waals surface area contributed by atoms with Gasteiger partial charge in [-0.2, -0.15) is 0 Å². The molecule has 0 radical (unpaired) electrons. The molecule has 0 atom stereocenters. The number of aromatic nitrogens is 2. The van der Waals surface area contributed by atoms with Crippen molar-refractivity contribution >= 4 is 11.6 Å². The van der Waals surface area contributed by atoms with E-state index >= 15 is 0 Å². The topological polar surface area (TPSA) is 44.2 Å². The van der Waals surface area contributed by atoms with E-state index in [4.69, 9.17) is 21.1 Å². The first-order valence-electron chi connectivity index (χ1n) is 7.04. The molecule has 0 saturated carbocycles. The lowest BCUT2D eigenvalue weighted by Gasteiger charge is -2.18. The van der Waals surface area contributed by atoms with E-state index in [2.05, 4.69) is 9.97 Å². The minimum atomic E-state index is -0.342. The first-order chi connectivity index (χ1) is 10.3. The third-order valence-electron chi connectivity index (χ3n) is 3.02. The lowest BCUT2D eigenvalue weighted by molar-refractivity contribution is -0.134. The molecule has 0 aliphatic rings. The molecular weight excluding hydrogens is 288 g/mol. The average molecular weight is 307 g/mol. The van der Waals surface area contributed by atoms with E-state index < -0.39 is 0 Å². The van der Waals surface area contributed by atoms with Gasteiger partial charge in [0.05, 0.1) is 5.69 Å². The number of rotatable bonds is 7. The number of hydrogen-bond donors (Lipinski definition) is 0. The zero-order chi connectivity index (χ0) is 15.1. The Kier molecular flexibility index (Phi) is 6.11. The summed E-state index contributed by atoms with van der Waals surface area (Å²) in [6.45, 7) is 5.04. The van der Waals surface area contributed by atoms with Gasteiger partial charge in [0.2, 0.25) is 0 Å². The molecule has 1 heterocycles. The van der Waals surface area contributed by atoms with E-state index in [0.717, 1.165) is 16.8 Å². The standard InChI is InChI=1S/C16H19ClN2O2/c1-3-20-14(21-4-2)10-13-15(18-11-19-16(13)17)12-8-6-5-7-9-12/h5-9,11,14H,3-4,10H2,1-2H3. The van der Waals surface area contributed by atoms with Crippen molar-refractivity contribution in [3.8, 4) is 11.3 Å². The van der Waals surface area contributed by atoms with Gasteiger partial charge in [-0.15, -0.1) is 0 Å². The van der Waals surface area contributed by atoms with Gasteiger partial charge in [-0.3, -0.25) is 0 Å². The molecule has 0 saturated heterocycles. The van der Waals surface area contributed by atoms with E-state index in [-0.39, 0.29) is 6.29 Å². The Morgan fingerprint density at radius 1 is 1.05 bits per heavy atom. The summed E-state index contributed by atoms with van der Waals surface area (Å²) in [5.74, 6) is 0. The fourth-order valence-corrected chi connectivity index (χ4v) is 2.33. The highest BCUT2D eigenvalue weighted by atomic mass is 35.5. The van der Waals surface area contributed by atoms with Gasteiger partial charge in [0.1, 0.15) is 11.5 Å². The first kappa shape index (κ1) is 15.9. The Labute approximate surface area is 130 Å². The summed E-state index contributed by atoms with van der Waals surface area (Å²) in [5, 5.41) is 0.438. The predicted octanol–water partition coefficient (Wildman–Crippen LogP) is 3.74. The molecule has 0 N–H and O–H groups in total. The molecule has 0 amide bonds. The van der Waals surface area contributed by atoms with Gasteiger partial charge < -0.3 is 9.47 Å². The average Bonchev–Trinajstić information content (AvgIpc) is 2.50. The fraction of sp³-hybridized carbons (Fsp3) is 0.375. The second-order valence-electron chi connectivity index (χ2n) is 4.40. The predicted molar refractivity (Wildman–Crippen MR) is 83.2 cm³/mol. The van der Waals surface area contributed by atoms with Crippen LogP contribution in [0, 0.1) is 0 Å². The van der Waals surface area contributed by atoms with E-state index in [1.807, 2.05) is 44.2 Å². The molecule has 2 rings (SSSR count). The highest BCUT2D eigenvalue weighted by Gasteiger charge is 2.17. The lowest BCUT2D eigenvalue weighted by atomic mass is 10.0. The molecule has 112 valence electrons. The van der Waals surface area contributed by atoms with Crippen LogP contribution in [0.15, 0.2) is 36.7 Å². The van der Waals surface area contributed by atoms with Crippen LogP contribution in [0.1, 0.15) is 19.4 Å². The van der Waals surface area contributed by atoms with E-state index in [0.29, 0.717) is 24.8 Å². The maximum absolute atomic E-state index is 6.26. The fourth-order valence-electron chi connectivity index (χ4n) is 2.12. The van der Waals surface area contributed by atoms with Gasteiger partial charge >= 0.3 is 0 Å². The smallest absolute Gasteiger partial charge is 0.161 e. The number of benzene rings is 1. The Morgan fingerprint density at radius 3 is 2.33 bits per heavy atom. The second kappa shape index (κ2) is 8.08. The zero-order valence-corrected chi connectivity index (χ0v) is 13.0. The Hall–Kier alpha value is -1.49. The normalized spacial score (nSPS) is 11.0. The summed E-state index contributed by atoms with van der Waals surface area (Å²) in [6, 6.07) is 9.90. The molecule has 4 nitrogen and oxygen atoms in total. The largest absolute Gasteiger partial charge is 0.353 e. The SMILES string of the molecule is CCOC(Cc1c(Cl)ncnc1-c1ccccc1)OCC. The molecule has 0 aliphatic carbocycles. The molecule has 0 aliphatic heterocycles. The second-order valence-corrected chi connectivity index (χ2v) is 4.76. The molecule has 0 unspecified atom stereocenters. The summed E-state index contributed by atoms with van der Waals surface area (Å²) in [4.78, 5) is 8.46. The number of nitrogens with zero attached hydrogens (tertiary/aromatic N) is 2. The van der Waals surface area contributed by atoms with Crippen LogP contribution in [0.4, 0.5) is 0 Å². The molecule has 5 heteroatoms. The molecule has 21 heavy (non-hydrogen) atoms. The Bertz CT molecular complexity index is 557. The van der Waals surface area contributed by atoms with Crippen LogP contribution in [0.2, 0.25) is 5.15 Å². The van der Waals surface area contributed by atoms with Gasteiger partial charge in [-0.05, 0) is 13.8 Å². The summed E-state index contributed by atoms with van der Waals surface area (Å²) >= 11 is 6.26. The maximum atomic E-state index is 6.26. The summed E-state index contributed by atoms with van der Waals surface area (Å²) in [7, 11) is 0. The molecule has 1 aromatic carbocycles. The third-order valence-corrected chi connectivity index (χ3v) is 3.34. The van der Waals surface area contributed by atoms with Crippen LogP contribution in [0.25, 0.3) is 11.3 Å². The quantitative estimate of drug-likeness (QED) is 0.577. The minimum Gasteiger partial charge on any atom is -0.353 e. The van der Waals surface area contributed by atoms with Crippen molar-refractivity contribution in [2.45, 2.75) is 26.6 Å². The van der Waals surface area contributed by atoms with Crippen LogP contribution in [0.3, 0.4) is 0 Å². The van der Waals surface area contributed by atoms with Crippen LogP contribution in [-0.4, -0.2) is 29.5 Å². The van der Waals surface area contributed by atoms with Gasteiger partial charge in [-0.25, -0.2) is 9.97 Å². The highest BCUT2D eigenvalue weighted by molar-refractivity contribution is 6.30. The van der Waals surface area contributed by atoms with Crippen molar-refractivity contribution in [2.75, 3.05) is 13.2 Å². The lowest BCUT2D eigenvalue weighted by Crippen LogP contribution is -2.21. The molecule has 1 aromatic heterocycles. The third kappa shape index (κ3) is 4.24. The number of hydrogen-bond acceptors (Lipinski definition) is 4. The summed E-state index contributed by atoms with van der Waals surface area (Å²) in [6.07, 6.45) is 1.65. The van der Waals surface area contributed by atoms with Crippen LogP contribution in [0.5, 0.6) is 0 Å². The molecule has 2 aromatic rings. The van der Waals surface area contributed by atoms with Crippen molar-refractivity contribution in [2.24, 2.45) is 0 Å². The number of ether oxygens (including phenoxy) is 2. The molecule has 0 fully saturated rings. The van der Waals surface area contributed by atoms with Gasteiger partial charge in [-0.1, -0.05) is 41.9 Å². The monoisotopic (exact) mass is 306 g/mol. The molecule has 0 bridgehead atoms. The molecular formula is C16H19ClN2O2. The zero-order valence-electron chi connectivity index (χ0n) is 12.3. The van der Waals surface area contributed by atoms with Crippen LogP contribution in [-0.2, 0) is 15.9 Å². The molecule has 0 spiro atoms. The summed E-state index contributed by atoms with van der Waals surface area (Å²) in [5.41, 5.74) is 2.67. The number of halogens is 1. The van der Waals surface area contributed by atoms with E-state index in [1.165, 1.54) is 6.33 Å². The van der Waals surface area contributed by atoms with E-state index in [9.17, 15) is 0 Å². The highest BCUT2D eigenvalue weighted by Crippen LogP contribution is 2.27. The minimum absolute atomic E-state index is 0.342. The van der Waals surface area contributed by atoms with Crippen molar-refractivity contribution in [1.29, 1.82) is 0 Å². The van der Waals surface area contributed by atoms with Crippen LogP contribution < -0.4 is 0 Å². The van der Waals surface area contributed by atoms with Crippen LogP contribution >= 0.6 is 11.6 Å². The Morgan fingerprint density at radius 2 is 1.71 bits per heavy atom. The van der Waals surface area contributed by atoms with Gasteiger partial charge in [0.25, 0.3) is 0 Å². The Balaban J connectivity index is 2.33. The van der Waals surface area contributed by atoms with Crippen molar-refractivity contribution in [1.82, 2.24) is 9.97 Å². The van der Waals surface area contributed by atoms with Crippen molar-refractivity contribution < 1.29 is 9.47 Å². The summed E-state index contributed by atoms with van der Waals surface area (Å²) < 4.78 is 11.2.